The maximum atomic E-state index is 13.0. The van der Waals surface area contributed by atoms with Gasteiger partial charge < -0.3 is 10.1 Å². The number of benzene rings is 2. The van der Waals surface area contributed by atoms with Gasteiger partial charge in [0.15, 0.2) is 0 Å². The SMILES string of the molecule is CC(=O)Nc1ccc(Oc2ccccc2)cc1C(F)(F)F. The summed E-state index contributed by atoms with van der Waals surface area (Å²) in [6, 6.07) is 11.9. The number of para-hydroxylation sites is 1. The molecule has 2 rings (SSSR count). The lowest BCUT2D eigenvalue weighted by atomic mass is 10.1. The van der Waals surface area contributed by atoms with Gasteiger partial charge >= 0.3 is 6.18 Å². The summed E-state index contributed by atoms with van der Waals surface area (Å²) in [6.07, 6.45) is -4.59. The molecule has 0 unspecified atom stereocenters. The fourth-order valence-electron chi connectivity index (χ4n) is 1.74. The van der Waals surface area contributed by atoms with Gasteiger partial charge in [-0.2, -0.15) is 13.2 Å². The van der Waals surface area contributed by atoms with E-state index < -0.39 is 17.6 Å². The molecule has 21 heavy (non-hydrogen) atoms. The predicted molar refractivity (Wildman–Crippen MR) is 72.3 cm³/mol. The fraction of sp³-hybridized carbons (Fsp3) is 0.133. The first-order valence-electron chi connectivity index (χ1n) is 6.08. The lowest BCUT2D eigenvalue weighted by molar-refractivity contribution is -0.137. The second kappa shape index (κ2) is 5.87. The van der Waals surface area contributed by atoms with Crippen LogP contribution in [0, 0.1) is 0 Å². The summed E-state index contributed by atoms with van der Waals surface area (Å²) in [5.41, 5.74) is -1.25. The second-order valence-corrected chi connectivity index (χ2v) is 4.30. The number of nitrogens with one attached hydrogen (secondary N) is 1. The fourth-order valence-corrected chi connectivity index (χ4v) is 1.74. The molecule has 0 heterocycles. The van der Waals surface area contributed by atoms with E-state index in [0.29, 0.717) is 5.75 Å². The standard InChI is InChI=1S/C15H12F3NO2/c1-10(20)19-14-8-7-12(9-13(14)15(16,17)18)21-11-5-3-2-4-6-11/h2-9H,1H3,(H,19,20). The topological polar surface area (TPSA) is 38.3 Å². The minimum atomic E-state index is -4.59. The molecular formula is C15H12F3NO2. The molecule has 110 valence electrons. The van der Waals surface area contributed by atoms with Gasteiger partial charge in [-0.05, 0) is 30.3 Å². The minimum absolute atomic E-state index is 0.0441. The maximum Gasteiger partial charge on any atom is 0.418 e. The highest BCUT2D eigenvalue weighted by Gasteiger charge is 2.34. The summed E-state index contributed by atoms with van der Waals surface area (Å²) in [6.45, 7) is 1.15. The van der Waals surface area contributed by atoms with Crippen molar-refractivity contribution in [1.82, 2.24) is 0 Å². The van der Waals surface area contributed by atoms with Crippen LogP contribution in [-0.4, -0.2) is 5.91 Å². The first-order valence-corrected chi connectivity index (χ1v) is 6.08. The summed E-state index contributed by atoms with van der Waals surface area (Å²) < 4.78 is 44.4. The summed E-state index contributed by atoms with van der Waals surface area (Å²) in [5.74, 6) is -0.0993. The number of carbonyl (C=O) groups is 1. The van der Waals surface area contributed by atoms with Crippen LogP contribution in [-0.2, 0) is 11.0 Å². The summed E-state index contributed by atoms with van der Waals surface area (Å²) in [4.78, 5) is 11.0. The Morgan fingerprint density at radius 1 is 1.05 bits per heavy atom. The number of carbonyl (C=O) groups excluding carboxylic acids is 1. The maximum absolute atomic E-state index is 13.0. The zero-order valence-electron chi connectivity index (χ0n) is 11.1. The average molecular weight is 295 g/mol. The van der Waals surface area contributed by atoms with Crippen LogP contribution < -0.4 is 10.1 Å². The number of hydrogen-bond donors (Lipinski definition) is 1. The normalized spacial score (nSPS) is 11.0. The van der Waals surface area contributed by atoms with Gasteiger partial charge in [-0.25, -0.2) is 0 Å². The third-order valence-electron chi connectivity index (χ3n) is 2.59. The van der Waals surface area contributed by atoms with Gasteiger partial charge in [0.1, 0.15) is 11.5 Å². The highest BCUT2D eigenvalue weighted by molar-refractivity contribution is 5.89. The molecule has 2 aromatic rings. The third kappa shape index (κ3) is 3.98. The molecule has 0 atom stereocenters. The summed E-state index contributed by atoms with van der Waals surface area (Å²) in [5, 5.41) is 2.16. The van der Waals surface area contributed by atoms with Crippen LogP contribution in [0.15, 0.2) is 48.5 Å². The minimum Gasteiger partial charge on any atom is -0.457 e. The Morgan fingerprint density at radius 3 is 2.29 bits per heavy atom. The van der Waals surface area contributed by atoms with E-state index in [2.05, 4.69) is 5.32 Å². The van der Waals surface area contributed by atoms with Crippen LogP contribution in [0.4, 0.5) is 18.9 Å². The molecule has 0 radical (unpaired) electrons. The van der Waals surface area contributed by atoms with Crippen molar-refractivity contribution in [3.63, 3.8) is 0 Å². The van der Waals surface area contributed by atoms with E-state index >= 15 is 0 Å². The first kappa shape index (κ1) is 14.9. The Hall–Kier alpha value is -2.50. The van der Waals surface area contributed by atoms with Crippen LogP contribution in [0.3, 0.4) is 0 Å². The van der Waals surface area contributed by atoms with Crippen LogP contribution >= 0.6 is 0 Å². The van der Waals surface area contributed by atoms with Crippen molar-refractivity contribution in [2.45, 2.75) is 13.1 Å². The zero-order valence-corrected chi connectivity index (χ0v) is 11.1. The molecule has 0 saturated heterocycles. The van der Waals surface area contributed by atoms with Crippen LogP contribution in [0.5, 0.6) is 11.5 Å². The Morgan fingerprint density at radius 2 is 1.71 bits per heavy atom. The lowest BCUT2D eigenvalue weighted by Crippen LogP contribution is -2.13. The molecule has 1 amide bonds. The smallest absolute Gasteiger partial charge is 0.418 e. The van der Waals surface area contributed by atoms with E-state index in [4.69, 9.17) is 4.74 Å². The van der Waals surface area contributed by atoms with E-state index in [9.17, 15) is 18.0 Å². The molecule has 0 bridgehead atoms. The van der Waals surface area contributed by atoms with Gasteiger partial charge in [-0.1, -0.05) is 18.2 Å². The summed E-state index contributed by atoms with van der Waals surface area (Å²) >= 11 is 0. The van der Waals surface area contributed by atoms with Gasteiger partial charge in [-0.3, -0.25) is 4.79 Å². The second-order valence-electron chi connectivity index (χ2n) is 4.30. The number of anilines is 1. The highest BCUT2D eigenvalue weighted by Crippen LogP contribution is 2.38. The molecular weight excluding hydrogens is 283 g/mol. The molecule has 1 N–H and O–H groups in total. The van der Waals surface area contributed by atoms with Gasteiger partial charge in [0.05, 0.1) is 11.3 Å². The molecule has 0 aliphatic rings. The molecule has 0 fully saturated rings. The quantitative estimate of drug-likeness (QED) is 0.908. The van der Waals surface area contributed by atoms with Crippen LogP contribution in [0.2, 0.25) is 0 Å². The molecule has 0 saturated carbocycles. The van der Waals surface area contributed by atoms with E-state index in [1.807, 2.05) is 0 Å². The monoisotopic (exact) mass is 295 g/mol. The molecule has 0 aliphatic carbocycles. The molecule has 0 aromatic heterocycles. The number of rotatable bonds is 3. The predicted octanol–water partition coefficient (Wildman–Crippen LogP) is 4.46. The Kier molecular flexibility index (Phi) is 4.16. The third-order valence-corrected chi connectivity index (χ3v) is 2.59. The number of halogens is 3. The molecule has 3 nitrogen and oxygen atoms in total. The van der Waals surface area contributed by atoms with Crippen molar-refractivity contribution < 1.29 is 22.7 Å². The number of ether oxygens (including phenoxy) is 1. The molecule has 6 heteroatoms. The Labute approximate surface area is 119 Å². The first-order chi connectivity index (χ1) is 9.86. The van der Waals surface area contributed by atoms with E-state index in [1.165, 1.54) is 12.1 Å². The lowest BCUT2D eigenvalue weighted by Gasteiger charge is -2.15. The molecule has 0 spiro atoms. The van der Waals surface area contributed by atoms with Crippen molar-refractivity contribution in [3.8, 4) is 11.5 Å². The zero-order chi connectivity index (χ0) is 15.5. The van der Waals surface area contributed by atoms with Crippen molar-refractivity contribution in [1.29, 1.82) is 0 Å². The van der Waals surface area contributed by atoms with E-state index in [0.717, 1.165) is 13.0 Å². The van der Waals surface area contributed by atoms with Crippen molar-refractivity contribution >= 4 is 11.6 Å². The Balaban J connectivity index is 2.35. The van der Waals surface area contributed by atoms with Gasteiger partial charge in [0.25, 0.3) is 0 Å². The largest absolute Gasteiger partial charge is 0.457 e. The van der Waals surface area contributed by atoms with E-state index in [-0.39, 0.29) is 11.4 Å². The Bertz CT molecular complexity index is 639. The molecule has 0 aliphatic heterocycles. The molecule has 2 aromatic carbocycles. The van der Waals surface area contributed by atoms with Gasteiger partial charge in [0, 0.05) is 6.92 Å². The van der Waals surface area contributed by atoms with Crippen molar-refractivity contribution in [2.75, 3.05) is 5.32 Å². The highest BCUT2D eigenvalue weighted by atomic mass is 19.4. The number of alkyl halides is 3. The van der Waals surface area contributed by atoms with Crippen LogP contribution in [0.1, 0.15) is 12.5 Å². The van der Waals surface area contributed by atoms with Gasteiger partial charge in [-0.15, -0.1) is 0 Å². The van der Waals surface area contributed by atoms with Crippen molar-refractivity contribution in [2.24, 2.45) is 0 Å². The average Bonchev–Trinajstić information content (AvgIpc) is 2.40. The number of hydrogen-bond acceptors (Lipinski definition) is 2. The van der Waals surface area contributed by atoms with E-state index in [1.54, 1.807) is 30.3 Å². The summed E-state index contributed by atoms with van der Waals surface area (Å²) in [7, 11) is 0. The van der Waals surface area contributed by atoms with Crippen molar-refractivity contribution in [3.05, 3.63) is 54.1 Å². The number of amides is 1. The van der Waals surface area contributed by atoms with Crippen LogP contribution in [0.25, 0.3) is 0 Å². The van der Waals surface area contributed by atoms with Gasteiger partial charge in [0.2, 0.25) is 5.91 Å².